The van der Waals surface area contributed by atoms with Crippen LogP contribution < -0.4 is 5.32 Å². The molecule has 0 spiro atoms. The van der Waals surface area contributed by atoms with Crippen LogP contribution in [0.4, 0.5) is 5.69 Å². The molecule has 1 amide bonds. The molecule has 0 bridgehead atoms. The van der Waals surface area contributed by atoms with Crippen molar-refractivity contribution in [3.05, 3.63) is 65.9 Å². The van der Waals surface area contributed by atoms with E-state index in [9.17, 15) is 9.59 Å². The van der Waals surface area contributed by atoms with Gasteiger partial charge in [-0.3, -0.25) is 4.79 Å². The summed E-state index contributed by atoms with van der Waals surface area (Å²) in [6, 6.07) is 15.1. The van der Waals surface area contributed by atoms with Crippen LogP contribution in [0.2, 0.25) is 0 Å². The molecule has 1 atom stereocenters. The SMILES string of the molecule is CC[C@H](C)c1ccccc1NC(=O)COC(=O)c1c[nH]c2ccccc12. The van der Waals surface area contributed by atoms with Crippen molar-refractivity contribution in [2.24, 2.45) is 0 Å². The van der Waals surface area contributed by atoms with Gasteiger partial charge in [-0.05, 0) is 30.0 Å². The molecule has 0 unspecified atom stereocenters. The fourth-order valence-corrected chi connectivity index (χ4v) is 2.90. The largest absolute Gasteiger partial charge is 0.452 e. The summed E-state index contributed by atoms with van der Waals surface area (Å²) in [5.74, 6) is -0.540. The Hall–Kier alpha value is -3.08. The number of esters is 1. The maximum Gasteiger partial charge on any atom is 0.340 e. The van der Waals surface area contributed by atoms with Crippen molar-refractivity contribution in [1.82, 2.24) is 4.98 Å². The summed E-state index contributed by atoms with van der Waals surface area (Å²) in [4.78, 5) is 27.5. The van der Waals surface area contributed by atoms with Gasteiger partial charge in [0.05, 0.1) is 5.56 Å². The van der Waals surface area contributed by atoms with Gasteiger partial charge in [0.1, 0.15) is 0 Å². The van der Waals surface area contributed by atoms with E-state index in [4.69, 9.17) is 4.74 Å². The molecule has 0 aliphatic heterocycles. The number of carbonyl (C=O) groups excluding carboxylic acids is 2. The third-order valence-corrected chi connectivity index (χ3v) is 4.52. The second-order valence-electron chi connectivity index (χ2n) is 6.27. The topological polar surface area (TPSA) is 71.2 Å². The van der Waals surface area contributed by atoms with E-state index >= 15 is 0 Å². The summed E-state index contributed by atoms with van der Waals surface area (Å²) >= 11 is 0. The van der Waals surface area contributed by atoms with Crippen LogP contribution >= 0.6 is 0 Å². The van der Waals surface area contributed by atoms with Crippen LogP contribution in [0, 0.1) is 0 Å². The Balaban J connectivity index is 1.64. The first-order valence-electron chi connectivity index (χ1n) is 8.72. The highest BCUT2D eigenvalue weighted by atomic mass is 16.5. The second-order valence-corrected chi connectivity index (χ2v) is 6.27. The van der Waals surface area contributed by atoms with Crippen LogP contribution in [-0.4, -0.2) is 23.5 Å². The molecule has 2 aromatic carbocycles. The van der Waals surface area contributed by atoms with Crippen LogP contribution in [0.25, 0.3) is 10.9 Å². The summed E-state index contributed by atoms with van der Waals surface area (Å²) in [5, 5.41) is 3.62. The molecule has 5 nitrogen and oxygen atoms in total. The molecular weight excluding hydrogens is 328 g/mol. The molecule has 0 fully saturated rings. The van der Waals surface area contributed by atoms with Crippen molar-refractivity contribution in [3.8, 4) is 0 Å². The Morgan fingerprint density at radius 3 is 2.65 bits per heavy atom. The average Bonchev–Trinajstić information content (AvgIpc) is 3.10. The summed E-state index contributed by atoms with van der Waals surface area (Å²) in [6.07, 6.45) is 2.57. The number of aromatic amines is 1. The van der Waals surface area contributed by atoms with Crippen molar-refractivity contribution >= 4 is 28.5 Å². The molecule has 0 saturated heterocycles. The molecule has 0 radical (unpaired) electrons. The van der Waals surface area contributed by atoms with Gasteiger partial charge in [-0.2, -0.15) is 0 Å². The van der Waals surface area contributed by atoms with E-state index in [1.54, 1.807) is 6.20 Å². The number of hydrogen-bond donors (Lipinski definition) is 2. The normalized spacial score (nSPS) is 11.9. The molecular formula is C21H22N2O3. The minimum atomic E-state index is -0.521. The Labute approximate surface area is 152 Å². The minimum absolute atomic E-state index is 0.326. The molecule has 26 heavy (non-hydrogen) atoms. The molecule has 3 rings (SSSR count). The molecule has 0 aliphatic rings. The Morgan fingerprint density at radius 2 is 1.85 bits per heavy atom. The van der Waals surface area contributed by atoms with Crippen molar-refractivity contribution < 1.29 is 14.3 Å². The number of amides is 1. The van der Waals surface area contributed by atoms with E-state index < -0.39 is 5.97 Å². The second kappa shape index (κ2) is 7.87. The van der Waals surface area contributed by atoms with Gasteiger partial charge in [0, 0.05) is 22.8 Å². The number of rotatable bonds is 6. The lowest BCUT2D eigenvalue weighted by molar-refractivity contribution is -0.119. The summed E-state index contributed by atoms with van der Waals surface area (Å²) < 4.78 is 5.18. The number of hydrogen-bond acceptors (Lipinski definition) is 3. The molecule has 1 aromatic heterocycles. The van der Waals surface area contributed by atoms with Crippen LogP contribution in [-0.2, 0) is 9.53 Å². The number of fused-ring (bicyclic) bond motifs is 1. The molecule has 0 saturated carbocycles. The third kappa shape index (κ3) is 3.77. The average molecular weight is 350 g/mol. The predicted octanol–water partition coefficient (Wildman–Crippen LogP) is 4.48. The zero-order valence-corrected chi connectivity index (χ0v) is 14.9. The molecule has 134 valence electrons. The van der Waals surface area contributed by atoms with Crippen molar-refractivity contribution in [2.45, 2.75) is 26.2 Å². The molecule has 0 aliphatic carbocycles. The number of para-hydroxylation sites is 2. The van der Waals surface area contributed by atoms with E-state index in [-0.39, 0.29) is 12.5 Å². The van der Waals surface area contributed by atoms with Crippen LogP contribution in [0.5, 0.6) is 0 Å². The van der Waals surface area contributed by atoms with E-state index in [1.165, 1.54) is 0 Å². The molecule has 5 heteroatoms. The van der Waals surface area contributed by atoms with Gasteiger partial charge >= 0.3 is 5.97 Å². The molecule has 2 N–H and O–H groups in total. The van der Waals surface area contributed by atoms with Gasteiger partial charge in [0.25, 0.3) is 5.91 Å². The van der Waals surface area contributed by atoms with Gasteiger partial charge in [-0.1, -0.05) is 50.2 Å². The maximum atomic E-state index is 12.3. The Kier molecular flexibility index (Phi) is 5.37. The van der Waals surface area contributed by atoms with E-state index in [0.29, 0.717) is 11.5 Å². The summed E-state index contributed by atoms with van der Waals surface area (Å²) in [6.45, 7) is 3.89. The number of carbonyl (C=O) groups is 2. The smallest absolute Gasteiger partial charge is 0.340 e. The third-order valence-electron chi connectivity index (χ3n) is 4.52. The summed E-state index contributed by atoms with van der Waals surface area (Å²) in [5.41, 5.74) is 3.11. The Bertz CT molecular complexity index is 930. The molecule has 3 aromatic rings. The first-order chi connectivity index (χ1) is 12.6. The zero-order chi connectivity index (χ0) is 18.5. The highest BCUT2D eigenvalue weighted by Gasteiger charge is 2.16. The van der Waals surface area contributed by atoms with Gasteiger partial charge in [0.2, 0.25) is 0 Å². The van der Waals surface area contributed by atoms with E-state index in [1.807, 2.05) is 48.5 Å². The van der Waals surface area contributed by atoms with Gasteiger partial charge in [-0.15, -0.1) is 0 Å². The summed E-state index contributed by atoms with van der Waals surface area (Å²) in [7, 11) is 0. The number of ether oxygens (including phenoxy) is 1. The number of benzene rings is 2. The van der Waals surface area contributed by atoms with E-state index in [0.717, 1.165) is 28.6 Å². The monoisotopic (exact) mass is 350 g/mol. The quantitative estimate of drug-likeness (QED) is 0.644. The lowest BCUT2D eigenvalue weighted by Crippen LogP contribution is -2.21. The fourth-order valence-electron chi connectivity index (χ4n) is 2.90. The maximum absolute atomic E-state index is 12.3. The number of H-pyrrole nitrogens is 1. The van der Waals surface area contributed by atoms with Crippen LogP contribution in [0.3, 0.4) is 0 Å². The predicted molar refractivity (Wildman–Crippen MR) is 102 cm³/mol. The van der Waals surface area contributed by atoms with Crippen molar-refractivity contribution in [1.29, 1.82) is 0 Å². The highest BCUT2D eigenvalue weighted by Crippen LogP contribution is 2.26. The van der Waals surface area contributed by atoms with Crippen LogP contribution in [0.15, 0.2) is 54.7 Å². The molecule has 1 heterocycles. The standard InChI is InChI=1S/C21H22N2O3/c1-3-14(2)15-8-4-7-11-19(15)23-20(24)13-26-21(25)17-12-22-18-10-6-5-9-16(17)18/h4-12,14,22H,3,13H2,1-2H3,(H,23,24)/t14-/m0/s1. The van der Waals surface area contributed by atoms with E-state index in [2.05, 4.69) is 24.1 Å². The highest BCUT2D eigenvalue weighted by molar-refractivity contribution is 6.05. The minimum Gasteiger partial charge on any atom is -0.452 e. The van der Waals surface area contributed by atoms with Crippen molar-refractivity contribution in [2.75, 3.05) is 11.9 Å². The Morgan fingerprint density at radius 1 is 1.12 bits per heavy atom. The number of aromatic nitrogens is 1. The van der Waals surface area contributed by atoms with Crippen molar-refractivity contribution in [3.63, 3.8) is 0 Å². The fraction of sp³-hybridized carbons (Fsp3) is 0.238. The van der Waals surface area contributed by atoms with Gasteiger partial charge in [0.15, 0.2) is 6.61 Å². The number of nitrogens with one attached hydrogen (secondary N) is 2. The number of anilines is 1. The van der Waals surface area contributed by atoms with Crippen LogP contribution in [0.1, 0.15) is 42.1 Å². The lowest BCUT2D eigenvalue weighted by atomic mass is 9.97. The lowest BCUT2D eigenvalue weighted by Gasteiger charge is -2.15. The zero-order valence-electron chi connectivity index (χ0n) is 14.9. The first kappa shape index (κ1) is 17.7. The van der Waals surface area contributed by atoms with Gasteiger partial charge in [-0.25, -0.2) is 4.79 Å². The van der Waals surface area contributed by atoms with Gasteiger partial charge < -0.3 is 15.0 Å². The first-order valence-corrected chi connectivity index (χ1v) is 8.72.